The molecular weight excluding hydrogens is 178 g/mol. The third kappa shape index (κ3) is 2.12. The molecule has 4 heteroatoms. The van der Waals surface area contributed by atoms with Crippen molar-refractivity contribution >= 4 is 0 Å². The quantitative estimate of drug-likeness (QED) is 0.796. The van der Waals surface area contributed by atoms with E-state index in [-0.39, 0.29) is 0 Å². The number of aryl methyl sites for hydroxylation is 1. The van der Waals surface area contributed by atoms with Crippen LogP contribution in [0.25, 0.3) is 0 Å². The van der Waals surface area contributed by atoms with Gasteiger partial charge in [0.2, 0.25) is 0 Å². The minimum absolute atomic E-state index is 0.654. The zero-order valence-corrected chi connectivity index (χ0v) is 8.79. The fourth-order valence-corrected chi connectivity index (χ4v) is 2.04. The van der Waals surface area contributed by atoms with Crippen molar-refractivity contribution < 1.29 is 4.63 Å². The number of nitrogens with zero attached hydrogens (tertiary/aromatic N) is 2. The Labute approximate surface area is 84.0 Å². The number of hydrogen-bond acceptors (Lipinski definition) is 4. The van der Waals surface area contributed by atoms with E-state index < -0.39 is 0 Å². The van der Waals surface area contributed by atoms with Crippen LogP contribution in [-0.2, 0) is 6.54 Å². The number of hydrogen-bond donors (Lipinski definition) is 1. The highest BCUT2D eigenvalue weighted by Gasteiger charge is 2.21. The molecule has 0 spiro atoms. The maximum absolute atomic E-state index is 4.64. The summed E-state index contributed by atoms with van der Waals surface area (Å²) in [6.45, 7) is 5.02. The van der Waals surface area contributed by atoms with Crippen LogP contribution in [0.5, 0.6) is 0 Å². The Kier molecular flexibility index (Phi) is 2.82. The highest BCUT2D eigenvalue weighted by atomic mass is 16.6. The summed E-state index contributed by atoms with van der Waals surface area (Å²) >= 11 is 0. The second-order valence-electron chi connectivity index (χ2n) is 4.29. The summed E-state index contributed by atoms with van der Waals surface area (Å²) in [6.07, 6.45) is 3.91. The summed E-state index contributed by atoms with van der Waals surface area (Å²) < 4.78 is 4.64. The van der Waals surface area contributed by atoms with E-state index in [0.29, 0.717) is 6.04 Å². The first-order chi connectivity index (χ1) is 6.75. The fourth-order valence-electron chi connectivity index (χ4n) is 2.04. The van der Waals surface area contributed by atoms with Gasteiger partial charge in [-0.25, -0.2) is 4.63 Å². The molecule has 2 unspecified atom stereocenters. The molecule has 0 aromatic carbocycles. The van der Waals surface area contributed by atoms with Gasteiger partial charge in [0.05, 0.1) is 0 Å². The van der Waals surface area contributed by atoms with E-state index in [0.717, 1.165) is 23.9 Å². The zero-order valence-electron chi connectivity index (χ0n) is 8.79. The van der Waals surface area contributed by atoms with Crippen LogP contribution in [0.15, 0.2) is 4.63 Å². The van der Waals surface area contributed by atoms with E-state index in [1.165, 1.54) is 19.3 Å². The van der Waals surface area contributed by atoms with Gasteiger partial charge in [-0.3, -0.25) is 0 Å². The molecule has 1 saturated carbocycles. The Balaban J connectivity index is 1.80. The maximum atomic E-state index is 4.64. The lowest BCUT2D eigenvalue weighted by atomic mass is 10.1. The molecule has 1 aliphatic carbocycles. The molecule has 0 radical (unpaired) electrons. The predicted octanol–water partition coefficient (Wildman–Crippen LogP) is 1.66. The van der Waals surface area contributed by atoms with Gasteiger partial charge in [0.1, 0.15) is 11.4 Å². The molecule has 2 rings (SSSR count). The summed E-state index contributed by atoms with van der Waals surface area (Å²) in [5.74, 6) is 0.865. The maximum Gasteiger partial charge on any atom is 0.121 e. The van der Waals surface area contributed by atoms with Crippen molar-refractivity contribution in [3.63, 3.8) is 0 Å². The van der Waals surface area contributed by atoms with Gasteiger partial charge in [0.15, 0.2) is 0 Å². The lowest BCUT2D eigenvalue weighted by Crippen LogP contribution is -2.26. The molecule has 1 aromatic heterocycles. The van der Waals surface area contributed by atoms with Gasteiger partial charge in [0, 0.05) is 12.6 Å². The van der Waals surface area contributed by atoms with Gasteiger partial charge in [-0.15, -0.1) is 0 Å². The van der Waals surface area contributed by atoms with Crippen LogP contribution in [0.1, 0.15) is 37.6 Å². The number of aromatic nitrogens is 2. The van der Waals surface area contributed by atoms with Gasteiger partial charge in [-0.05, 0) is 32.1 Å². The molecule has 4 nitrogen and oxygen atoms in total. The Morgan fingerprint density at radius 1 is 1.43 bits per heavy atom. The van der Waals surface area contributed by atoms with Crippen LogP contribution in [0.4, 0.5) is 0 Å². The molecule has 0 amide bonds. The van der Waals surface area contributed by atoms with Gasteiger partial charge >= 0.3 is 0 Å². The molecule has 78 valence electrons. The molecule has 1 fully saturated rings. The Morgan fingerprint density at radius 3 is 2.86 bits per heavy atom. The second-order valence-corrected chi connectivity index (χ2v) is 4.29. The highest BCUT2D eigenvalue weighted by Crippen LogP contribution is 2.24. The Hall–Kier alpha value is -0.900. The van der Waals surface area contributed by atoms with Crippen LogP contribution < -0.4 is 5.32 Å². The first-order valence-corrected chi connectivity index (χ1v) is 5.27. The smallest absolute Gasteiger partial charge is 0.121 e. The van der Waals surface area contributed by atoms with Crippen molar-refractivity contribution in [2.24, 2.45) is 5.92 Å². The topological polar surface area (TPSA) is 51.0 Å². The summed E-state index contributed by atoms with van der Waals surface area (Å²) in [7, 11) is 0. The van der Waals surface area contributed by atoms with Crippen LogP contribution >= 0.6 is 0 Å². The van der Waals surface area contributed by atoms with Crippen molar-refractivity contribution in [2.75, 3.05) is 0 Å². The largest absolute Gasteiger partial charge is 0.308 e. The van der Waals surface area contributed by atoms with Crippen molar-refractivity contribution in [1.29, 1.82) is 0 Å². The predicted molar refractivity (Wildman–Crippen MR) is 52.7 cm³/mol. The molecule has 0 saturated heterocycles. The van der Waals surface area contributed by atoms with E-state index in [4.69, 9.17) is 0 Å². The van der Waals surface area contributed by atoms with E-state index in [1.54, 1.807) is 0 Å². The van der Waals surface area contributed by atoms with Gasteiger partial charge in [-0.1, -0.05) is 17.2 Å². The normalized spacial score (nSPS) is 27.0. The van der Waals surface area contributed by atoms with Crippen molar-refractivity contribution in [2.45, 2.75) is 45.7 Å². The number of rotatable bonds is 3. The molecular formula is C10H17N3O. The van der Waals surface area contributed by atoms with Crippen molar-refractivity contribution in [3.05, 3.63) is 11.4 Å². The van der Waals surface area contributed by atoms with Crippen LogP contribution in [0.3, 0.4) is 0 Å². The fraction of sp³-hybridized carbons (Fsp3) is 0.800. The minimum atomic E-state index is 0.654. The lowest BCUT2D eigenvalue weighted by Gasteiger charge is -2.10. The zero-order chi connectivity index (χ0) is 9.97. The van der Waals surface area contributed by atoms with Crippen molar-refractivity contribution in [1.82, 2.24) is 15.6 Å². The summed E-state index contributed by atoms with van der Waals surface area (Å²) in [5.41, 5.74) is 1.83. The summed E-state index contributed by atoms with van der Waals surface area (Å²) in [4.78, 5) is 0. The average molecular weight is 195 g/mol. The van der Waals surface area contributed by atoms with E-state index in [9.17, 15) is 0 Å². The van der Waals surface area contributed by atoms with E-state index in [1.807, 2.05) is 6.92 Å². The van der Waals surface area contributed by atoms with Gasteiger partial charge in [-0.2, -0.15) is 0 Å². The summed E-state index contributed by atoms with van der Waals surface area (Å²) in [5, 5.41) is 11.1. The monoisotopic (exact) mass is 195 g/mol. The highest BCUT2D eigenvalue weighted by molar-refractivity contribution is 5.04. The van der Waals surface area contributed by atoms with Crippen LogP contribution in [0.2, 0.25) is 0 Å². The average Bonchev–Trinajstić information content (AvgIpc) is 2.72. The van der Waals surface area contributed by atoms with Crippen molar-refractivity contribution in [3.8, 4) is 0 Å². The van der Waals surface area contributed by atoms with Crippen LogP contribution in [-0.4, -0.2) is 16.4 Å². The van der Waals surface area contributed by atoms with E-state index in [2.05, 4.69) is 27.2 Å². The molecule has 1 aromatic rings. The third-order valence-corrected chi connectivity index (χ3v) is 3.00. The standard InChI is InChI=1S/C10H17N3O/c1-7-3-4-9(5-7)11-6-10-8(2)12-14-13-10/h7,9,11H,3-6H2,1-2H3. The third-order valence-electron chi connectivity index (χ3n) is 3.00. The lowest BCUT2D eigenvalue weighted by molar-refractivity contribution is 0.299. The van der Waals surface area contributed by atoms with Crippen LogP contribution in [0, 0.1) is 12.8 Å². The van der Waals surface area contributed by atoms with Gasteiger partial charge in [0.25, 0.3) is 0 Å². The summed E-state index contributed by atoms with van der Waals surface area (Å²) in [6, 6.07) is 0.654. The SMILES string of the molecule is Cc1nonc1CNC1CCC(C)C1. The Bertz CT molecular complexity index is 297. The molecule has 1 N–H and O–H groups in total. The molecule has 2 atom stereocenters. The minimum Gasteiger partial charge on any atom is -0.308 e. The molecule has 1 heterocycles. The second kappa shape index (κ2) is 4.09. The molecule has 14 heavy (non-hydrogen) atoms. The van der Waals surface area contributed by atoms with Gasteiger partial charge < -0.3 is 5.32 Å². The first-order valence-electron chi connectivity index (χ1n) is 5.27. The molecule has 0 aliphatic heterocycles. The Morgan fingerprint density at radius 2 is 2.29 bits per heavy atom. The molecule has 1 aliphatic rings. The number of nitrogens with one attached hydrogen (secondary N) is 1. The van der Waals surface area contributed by atoms with E-state index >= 15 is 0 Å². The molecule has 0 bridgehead atoms. The first kappa shape index (κ1) is 9.65.